The molecule has 1 fully saturated rings. The number of alkyl halides is 3. The molecule has 2 atom stereocenters. The number of piperidine rings is 1. The number of halogens is 3. The highest BCUT2D eigenvalue weighted by atomic mass is 19.4. The summed E-state index contributed by atoms with van der Waals surface area (Å²) in [4.78, 5) is 18.9. The van der Waals surface area contributed by atoms with Gasteiger partial charge in [-0.1, -0.05) is 6.92 Å². The van der Waals surface area contributed by atoms with E-state index >= 15 is 0 Å². The van der Waals surface area contributed by atoms with E-state index in [0.29, 0.717) is 17.6 Å². The molecule has 0 bridgehead atoms. The summed E-state index contributed by atoms with van der Waals surface area (Å²) in [6, 6.07) is 0.0583. The van der Waals surface area contributed by atoms with Crippen LogP contribution < -0.4 is 10.9 Å². The minimum absolute atomic E-state index is 0.0576. The Labute approximate surface area is 136 Å². The molecule has 2 aromatic rings. The molecule has 0 aromatic carbocycles. The number of aromatic nitrogens is 4. The van der Waals surface area contributed by atoms with Gasteiger partial charge in [-0.05, 0) is 25.8 Å². The van der Waals surface area contributed by atoms with Gasteiger partial charge < -0.3 is 10.3 Å². The topological polar surface area (TPSA) is 75.6 Å². The van der Waals surface area contributed by atoms with Crippen LogP contribution in [-0.4, -0.2) is 39.0 Å². The van der Waals surface area contributed by atoms with Crippen molar-refractivity contribution in [2.75, 3.05) is 13.1 Å². The Kier molecular flexibility index (Phi) is 4.62. The molecule has 132 valence electrons. The number of aromatic amines is 1. The minimum atomic E-state index is -4.31. The standard InChI is InChI=1S/C15H20F3N5O/c1-2-9(15(16,17)18)6-12-21-13-11(14(24)22-12)8-20-23(13)10-4-3-5-19-7-10/h8-10,19H,2-7H2,1H3,(H,21,22,24). The molecular weight excluding hydrogens is 323 g/mol. The molecule has 2 N–H and O–H groups in total. The van der Waals surface area contributed by atoms with Gasteiger partial charge in [0.1, 0.15) is 11.2 Å². The third-order valence-electron chi connectivity index (χ3n) is 4.52. The molecule has 3 heterocycles. The van der Waals surface area contributed by atoms with Crippen LogP contribution in [0.5, 0.6) is 0 Å². The van der Waals surface area contributed by atoms with Crippen LogP contribution in [0.2, 0.25) is 0 Å². The first-order chi connectivity index (χ1) is 11.4. The summed E-state index contributed by atoms with van der Waals surface area (Å²) in [6.07, 6.45) is -1.39. The highest BCUT2D eigenvalue weighted by molar-refractivity contribution is 5.73. The molecule has 1 saturated heterocycles. The molecule has 0 radical (unpaired) electrons. The van der Waals surface area contributed by atoms with E-state index in [-0.39, 0.29) is 24.7 Å². The Morgan fingerprint density at radius 1 is 1.46 bits per heavy atom. The maximum atomic E-state index is 13.0. The normalized spacial score (nSPS) is 20.4. The van der Waals surface area contributed by atoms with Crippen molar-refractivity contribution >= 4 is 11.0 Å². The molecule has 3 rings (SSSR count). The van der Waals surface area contributed by atoms with Crippen LogP contribution >= 0.6 is 0 Å². The first-order valence-corrected chi connectivity index (χ1v) is 8.14. The van der Waals surface area contributed by atoms with Gasteiger partial charge in [-0.2, -0.15) is 18.3 Å². The van der Waals surface area contributed by atoms with Crippen molar-refractivity contribution in [1.82, 2.24) is 25.1 Å². The summed E-state index contributed by atoms with van der Waals surface area (Å²) < 4.78 is 40.6. The second-order valence-electron chi connectivity index (χ2n) is 6.19. The van der Waals surface area contributed by atoms with E-state index in [1.54, 1.807) is 4.68 Å². The molecule has 1 aliphatic rings. The lowest BCUT2D eigenvalue weighted by molar-refractivity contribution is -0.175. The van der Waals surface area contributed by atoms with Crippen molar-refractivity contribution in [3.8, 4) is 0 Å². The van der Waals surface area contributed by atoms with Gasteiger partial charge in [-0.3, -0.25) is 4.79 Å². The number of rotatable bonds is 4. The van der Waals surface area contributed by atoms with E-state index < -0.39 is 17.7 Å². The van der Waals surface area contributed by atoms with Crippen LogP contribution in [0.1, 0.15) is 38.1 Å². The van der Waals surface area contributed by atoms with Gasteiger partial charge in [0.2, 0.25) is 0 Å². The van der Waals surface area contributed by atoms with Crippen LogP contribution in [-0.2, 0) is 6.42 Å². The molecule has 9 heteroatoms. The Bertz CT molecular complexity index is 761. The number of hydrogen-bond donors (Lipinski definition) is 2. The number of H-pyrrole nitrogens is 1. The molecule has 0 aliphatic carbocycles. The van der Waals surface area contributed by atoms with Crippen LogP contribution in [0.15, 0.2) is 11.0 Å². The fourth-order valence-corrected chi connectivity index (χ4v) is 3.11. The zero-order chi connectivity index (χ0) is 17.3. The fourth-order valence-electron chi connectivity index (χ4n) is 3.11. The van der Waals surface area contributed by atoms with Gasteiger partial charge in [0.15, 0.2) is 5.65 Å². The van der Waals surface area contributed by atoms with E-state index in [1.165, 1.54) is 13.1 Å². The second-order valence-corrected chi connectivity index (χ2v) is 6.19. The van der Waals surface area contributed by atoms with E-state index in [9.17, 15) is 18.0 Å². The largest absolute Gasteiger partial charge is 0.392 e. The SMILES string of the molecule is CCC(Cc1nc2c(cnn2C2CCCNC2)c(=O)[nH]1)C(F)(F)F. The lowest BCUT2D eigenvalue weighted by Gasteiger charge is -2.23. The zero-order valence-electron chi connectivity index (χ0n) is 13.4. The first kappa shape index (κ1) is 16.9. The third-order valence-corrected chi connectivity index (χ3v) is 4.52. The molecule has 2 aromatic heterocycles. The fraction of sp³-hybridized carbons (Fsp3) is 0.667. The zero-order valence-corrected chi connectivity index (χ0v) is 13.4. The van der Waals surface area contributed by atoms with Gasteiger partial charge in [-0.15, -0.1) is 0 Å². The first-order valence-electron chi connectivity index (χ1n) is 8.14. The summed E-state index contributed by atoms with van der Waals surface area (Å²) in [7, 11) is 0. The Morgan fingerprint density at radius 2 is 2.25 bits per heavy atom. The summed E-state index contributed by atoms with van der Waals surface area (Å²) in [5.41, 5.74) is -0.0819. The number of nitrogens with zero attached hydrogens (tertiary/aromatic N) is 3. The quantitative estimate of drug-likeness (QED) is 0.892. The van der Waals surface area contributed by atoms with Crippen molar-refractivity contribution in [3.05, 3.63) is 22.4 Å². The Morgan fingerprint density at radius 3 is 2.88 bits per heavy atom. The summed E-state index contributed by atoms with van der Waals surface area (Å²) in [5.74, 6) is -1.46. The molecule has 0 spiro atoms. The third kappa shape index (κ3) is 3.31. The second kappa shape index (κ2) is 6.54. The van der Waals surface area contributed by atoms with Crippen LogP contribution in [0.25, 0.3) is 11.0 Å². The van der Waals surface area contributed by atoms with Crippen LogP contribution in [0.4, 0.5) is 13.2 Å². The molecule has 24 heavy (non-hydrogen) atoms. The number of fused-ring (bicyclic) bond motifs is 1. The highest BCUT2D eigenvalue weighted by Crippen LogP contribution is 2.31. The van der Waals surface area contributed by atoms with Gasteiger partial charge in [0.05, 0.1) is 18.2 Å². The smallest absolute Gasteiger partial charge is 0.315 e. The maximum Gasteiger partial charge on any atom is 0.392 e. The van der Waals surface area contributed by atoms with E-state index in [0.717, 1.165) is 19.4 Å². The van der Waals surface area contributed by atoms with Crippen LogP contribution in [0.3, 0.4) is 0 Å². The maximum absolute atomic E-state index is 13.0. The number of hydrogen-bond acceptors (Lipinski definition) is 4. The Balaban J connectivity index is 1.97. The molecule has 6 nitrogen and oxygen atoms in total. The minimum Gasteiger partial charge on any atom is -0.315 e. The van der Waals surface area contributed by atoms with Gasteiger partial charge >= 0.3 is 6.18 Å². The molecule has 0 saturated carbocycles. The molecule has 1 aliphatic heterocycles. The summed E-state index contributed by atoms with van der Waals surface area (Å²) >= 11 is 0. The summed E-state index contributed by atoms with van der Waals surface area (Å²) in [6.45, 7) is 3.12. The molecule has 2 unspecified atom stereocenters. The lowest BCUT2D eigenvalue weighted by Crippen LogP contribution is -2.32. The van der Waals surface area contributed by atoms with Gasteiger partial charge in [-0.25, -0.2) is 9.67 Å². The average Bonchev–Trinajstić information content (AvgIpc) is 2.97. The van der Waals surface area contributed by atoms with Crippen molar-refractivity contribution < 1.29 is 13.2 Å². The van der Waals surface area contributed by atoms with Crippen LogP contribution in [0, 0.1) is 5.92 Å². The van der Waals surface area contributed by atoms with Crippen molar-refractivity contribution in [2.24, 2.45) is 5.92 Å². The molecular formula is C15H20F3N5O. The predicted octanol–water partition coefficient (Wildman–Crippen LogP) is 2.18. The lowest BCUT2D eigenvalue weighted by atomic mass is 10.0. The van der Waals surface area contributed by atoms with E-state index in [2.05, 4.69) is 20.4 Å². The van der Waals surface area contributed by atoms with Crippen molar-refractivity contribution in [3.63, 3.8) is 0 Å². The average molecular weight is 343 g/mol. The summed E-state index contributed by atoms with van der Waals surface area (Å²) in [5, 5.41) is 7.81. The monoisotopic (exact) mass is 343 g/mol. The highest BCUT2D eigenvalue weighted by Gasteiger charge is 2.38. The number of nitrogens with one attached hydrogen (secondary N) is 2. The van der Waals surface area contributed by atoms with Gasteiger partial charge in [0.25, 0.3) is 5.56 Å². The van der Waals surface area contributed by atoms with E-state index in [4.69, 9.17) is 0 Å². The van der Waals surface area contributed by atoms with Crippen molar-refractivity contribution in [1.29, 1.82) is 0 Å². The van der Waals surface area contributed by atoms with E-state index in [1.807, 2.05) is 0 Å². The van der Waals surface area contributed by atoms with Crippen molar-refractivity contribution in [2.45, 2.75) is 44.8 Å². The van der Waals surface area contributed by atoms with Gasteiger partial charge in [0, 0.05) is 13.0 Å². The molecule has 0 amide bonds. The Hall–Kier alpha value is -1.90. The predicted molar refractivity (Wildman–Crippen MR) is 82.8 cm³/mol.